The highest BCUT2D eigenvalue weighted by Gasteiger charge is 2.36. The molecule has 1 N–H and O–H groups in total. The molecule has 11 heteroatoms. The fourth-order valence-corrected chi connectivity index (χ4v) is 5.01. The van der Waals surface area contributed by atoms with E-state index in [-0.39, 0.29) is 24.0 Å². The number of morpholine rings is 1. The number of para-hydroxylation sites is 1. The first kappa shape index (κ1) is 28.2. The zero-order valence-corrected chi connectivity index (χ0v) is 23.0. The van der Waals surface area contributed by atoms with Gasteiger partial charge in [0.2, 0.25) is 5.91 Å². The second kappa shape index (κ2) is 12.8. The van der Waals surface area contributed by atoms with Gasteiger partial charge in [-0.25, -0.2) is 0 Å². The van der Waals surface area contributed by atoms with Crippen molar-refractivity contribution >= 4 is 46.5 Å². The minimum absolute atomic E-state index is 0.137. The molecule has 2 aliphatic heterocycles. The van der Waals surface area contributed by atoms with Gasteiger partial charge in [-0.05, 0) is 67.4 Å². The fraction of sp³-hybridized carbons (Fsp3) is 0.357. The molecule has 2 aromatic rings. The van der Waals surface area contributed by atoms with Gasteiger partial charge in [0.25, 0.3) is 17.1 Å². The lowest BCUT2D eigenvalue weighted by atomic mass is 10.1. The van der Waals surface area contributed by atoms with Crippen molar-refractivity contribution in [2.45, 2.75) is 20.8 Å². The maximum Gasteiger partial charge on any atom is 0.294 e. The molecule has 10 nitrogen and oxygen atoms in total. The number of anilines is 1. The molecule has 0 bridgehead atoms. The highest BCUT2D eigenvalue weighted by atomic mass is 32.2. The Labute approximate surface area is 231 Å². The lowest BCUT2D eigenvalue weighted by Crippen LogP contribution is -2.43. The number of carbonyl (C=O) groups excluding carboxylic acids is 4. The molecule has 0 atom stereocenters. The number of benzene rings is 2. The van der Waals surface area contributed by atoms with E-state index in [1.807, 2.05) is 39.0 Å². The lowest BCUT2D eigenvalue weighted by Gasteiger charge is -2.26. The molecule has 2 heterocycles. The third-order valence-corrected chi connectivity index (χ3v) is 7.11. The van der Waals surface area contributed by atoms with Gasteiger partial charge >= 0.3 is 0 Å². The minimum Gasteiger partial charge on any atom is -0.490 e. The molecular formula is C28H31N3O7S. The maximum absolute atomic E-state index is 13.0. The van der Waals surface area contributed by atoms with Gasteiger partial charge in [-0.1, -0.05) is 24.3 Å². The number of ether oxygens (including phenoxy) is 3. The average molecular weight is 554 g/mol. The van der Waals surface area contributed by atoms with Crippen molar-refractivity contribution in [3.05, 3.63) is 58.0 Å². The summed E-state index contributed by atoms with van der Waals surface area (Å²) in [7, 11) is 0. The zero-order valence-electron chi connectivity index (χ0n) is 22.2. The first-order chi connectivity index (χ1) is 18.8. The van der Waals surface area contributed by atoms with Crippen LogP contribution in [0.4, 0.5) is 10.5 Å². The van der Waals surface area contributed by atoms with Crippen LogP contribution < -0.4 is 14.8 Å². The van der Waals surface area contributed by atoms with Gasteiger partial charge < -0.3 is 24.4 Å². The van der Waals surface area contributed by atoms with Crippen LogP contribution in [0.15, 0.2) is 41.3 Å². The van der Waals surface area contributed by atoms with E-state index in [9.17, 15) is 19.2 Å². The molecule has 2 aliphatic rings. The van der Waals surface area contributed by atoms with Crippen molar-refractivity contribution < 1.29 is 33.4 Å². The molecule has 4 amide bonds. The summed E-state index contributed by atoms with van der Waals surface area (Å²) in [5.41, 5.74) is 3.05. The Hall–Kier alpha value is -3.83. The van der Waals surface area contributed by atoms with Crippen molar-refractivity contribution in [2.75, 3.05) is 51.4 Å². The second-order valence-corrected chi connectivity index (χ2v) is 10.00. The van der Waals surface area contributed by atoms with Crippen LogP contribution in [0.5, 0.6) is 11.5 Å². The van der Waals surface area contributed by atoms with E-state index in [1.54, 1.807) is 29.2 Å². The van der Waals surface area contributed by atoms with Gasteiger partial charge in [0.15, 0.2) is 18.1 Å². The number of thioether (sulfide) groups is 1. The summed E-state index contributed by atoms with van der Waals surface area (Å²) >= 11 is 0.771. The van der Waals surface area contributed by atoms with E-state index in [2.05, 4.69) is 5.32 Å². The Morgan fingerprint density at radius 1 is 1.05 bits per heavy atom. The van der Waals surface area contributed by atoms with Crippen LogP contribution in [-0.4, -0.2) is 78.8 Å². The van der Waals surface area contributed by atoms with Gasteiger partial charge in [-0.15, -0.1) is 0 Å². The van der Waals surface area contributed by atoms with Gasteiger partial charge in [0, 0.05) is 18.8 Å². The number of amides is 4. The topological polar surface area (TPSA) is 114 Å². The normalized spacial score (nSPS) is 16.5. The molecule has 0 aliphatic carbocycles. The number of nitrogens with one attached hydrogen (secondary N) is 1. The first-order valence-corrected chi connectivity index (χ1v) is 13.4. The van der Waals surface area contributed by atoms with Crippen LogP contribution in [0.25, 0.3) is 6.08 Å². The number of hydrogen-bond donors (Lipinski definition) is 1. The van der Waals surface area contributed by atoms with Crippen LogP contribution in [-0.2, 0) is 19.1 Å². The fourth-order valence-electron chi connectivity index (χ4n) is 4.17. The Morgan fingerprint density at radius 2 is 1.77 bits per heavy atom. The first-order valence-electron chi connectivity index (χ1n) is 12.6. The standard InChI is InChI=1S/C28H31N3O7S/c1-4-37-22-14-20(8-9-21(22)38-17-25(33)30-10-12-36-13-11-30)15-23-27(34)31(28(35)39-23)16-24(32)29-26-18(2)6-5-7-19(26)3/h5-9,14-15H,4,10-13,16-17H2,1-3H3,(H,29,32)/b23-15-. The molecule has 0 aromatic heterocycles. The smallest absolute Gasteiger partial charge is 0.294 e. The monoisotopic (exact) mass is 553 g/mol. The third kappa shape index (κ3) is 6.98. The summed E-state index contributed by atoms with van der Waals surface area (Å²) < 4.78 is 16.7. The SMILES string of the molecule is CCOc1cc(/C=C2\SC(=O)N(CC(=O)Nc3c(C)cccc3C)C2=O)ccc1OCC(=O)N1CCOCC1. The maximum atomic E-state index is 13.0. The molecule has 2 saturated heterocycles. The minimum atomic E-state index is -0.545. The van der Waals surface area contributed by atoms with Crippen molar-refractivity contribution in [3.8, 4) is 11.5 Å². The Bertz CT molecular complexity index is 1280. The summed E-state index contributed by atoms with van der Waals surface area (Å²) in [5, 5.41) is 2.28. The van der Waals surface area contributed by atoms with Gasteiger partial charge in [0.05, 0.1) is 24.7 Å². The summed E-state index contributed by atoms with van der Waals surface area (Å²) in [6.07, 6.45) is 1.57. The van der Waals surface area contributed by atoms with Crippen molar-refractivity contribution in [3.63, 3.8) is 0 Å². The molecule has 206 valence electrons. The van der Waals surface area contributed by atoms with Crippen molar-refractivity contribution in [1.82, 2.24) is 9.80 Å². The Morgan fingerprint density at radius 3 is 2.46 bits per heavy atom. The summed E-state index contributed by atoms with van der Waals surface area (Å²) in [6.45, 7) is 7.49. The molecule has 0 spiro atoms. The quantitative estimate of drug-likeness (QED) is 0.469. The molecule has 0 radical (unpaired) electrons. The van der Waals surface area contributed by atoms with Gasteiger partial charge in [-0.2, -0.15) is 0 Å². The van der Waals surface area contributed by atoms with Crippen molar-refractivity contribution in [1.29, 1.82) is 0 Å². The Kier molecular flexibility index (Phi) is 9.26. The molecule has 2 fully saturated rings. The largest absolute Gasteiger partial charge is 0.490 e. The highest BCUT2D eigenvalue weighted by Crippen LogP contribution is 2.35. The molecule has 0 saturated carbocycles. The molecule has 4 rings (SSSR count). The summed E-state index contributed by atoms with van der Waals surface area (Å²) in [6, 6.07) is 10.7. The number of nitrogens with zero attached hydrogens (tertiary/aromatic N) is 2. The van der Waals surface area contributed by atoms with Crippen LogP contribution in [0.1, 0.15) is 23.6 Å². The van der Waals surface area contributed by atoms with Crippen molar-refractivity contribution in [2.24, 2.45) is 0 Å². The van der Waals surface area contributed by atoms with Crippen LogP contribution in [0, 0.1) is 13.8 Å². The van der Waals surface area contributed by atoms with Gasteiger partial charge in [0.1, 0.15) is 6.54 Å². The number of hydrogen-bond acceptors (Lipinski definition) is 8. The summed E-state index contributed by atoms with van der Waals surface area (Å²) in [5.74, 6) is -0.334. The average Bonchev–Trinajstić information content (AvgIpc) is 3.18. The zero-order chi connectivity index (χ0) is 27.9. The molecule has 0 unspecified atom stereocenters. The molecule has 39 heavy (non-hydrogen) atoms. The number of imide groups is 1. The molecular weight excluding hydrogens is 522 g/mol. The number of aryl methyl sites for hydroxylation is 2. The van der Waals surface area contributed by atoms with E-state index in [4.69, 9.17) is 14.2 Å². The molecule has 2 aromatic carbocycles. The van der Waals surface area contributed by atoms with Crippen LogP contribution >= 0.6 is 11.8 Å². The number of carbonyl (C=O) groups is 4. The van der Waals surface area contributed by atoms with Gasteiger partial charge in [-0.3, -0.25) is 24.1 Å². The van der Waals surface area contributed by atoms with E-state index in [0.717, 1.165) is 27.8 Å². The lowest BCUT2D eigenvalue weighted by molar-refractivity contribution is -0.137. The second-order valence-electron chi connectivity index (χ2n) is 9.00. The number of rotatable bonds is 9. The predicted molar refractivity (Wildman–Crippen MR) is 148 cm³/mol. The summed E-state index contributed by atoms with van der Waals surface area (Å²) in [4.78, 5) is 53.4. The van der Waals surface area contributed by atoms with Crippen LogP contribution in [0.2, 0.25) is 0 Å². The van der Waals surface area contributed by atoms with E-state index < -0.39 is 17.1 Å². The van der Waals surface area contributed by atoms with E-state index >= 15 is 0 Å². The highest BCUT2D eigenvalue weighted by molar-refractivity contribution is 8.18. The Balaban J connectivity index is 1.42. The van der Waals surface area contributed by atoms with E-state index in [0.29, 0.717) is 55.7 Å². The third-order valence-electron chi connectivity index (χ3n) is 6.20. The van der Waals surface area contributed by atoms with Crippen LogP contribution in [0.3, 0.4) is 0 Å². The van der Waals surface area contributed by atoms with E-state index in [1.165, 1.54) is 0 Å². The predicted octanol–water partition coefficient (Wildman–Crippen LogP) is 3.61.